The van der Waals surface area contributed by atoms with Crippen LogP contribution in [0.3, 0.4) is 0 Å². The second-order valence-corrected chi connectivity index (χ2v) is 10.2. The number of benzene rings is 1. The number of nitriles is 1. The number of carbonyl (C=O) groups is 1. The quantitative estimate of drug-likeness (QED) is 0.308. The highest BCUT2D eigenvalue weighted by Crippen LogP contribution is 2.41. The van der Waals surface area contributed by atoms with Crippen molar-refractivity contribution in [3.05, 3.63) is 47.7 Å². The first-order valence-corrected chi connectivity index (χ1v) is 12.2. The van der Waals surface area contributed by atoms with Crippen molar-refractivity contribution in [1.29, 1.82) is 5.26 Å². The maximum Gasteiger partial charge on any atom is 0.534 e. The number of aromatic nitrogens is 2. The minimum absolute atomic E-state index is 0.102. The molecule has 0 spiro atoms. The molecule has 3 aromatic rings. The summed E-state index contributed by atoms with van der Waals surface area (Å²) in [7, 11) is -6.16. The number of rotatable bonds is 6. The van der Waals surface area contributed by atoms with Gasteiger partial charge in [-0.1, -0.05) is 0 Å². The maximum atomic E-state index is 13.4. The normalized spacial score (nSPS) is 12.2. The summed E-state index contributed by atoms with van der Waals surface area (Å²) in [5.41, 5.74) is -7.48. The van der Waals surface area contributed by atoms with E-state index in [-0.39, 0.29) is 22.6 Å². The van der Waals surface area contributed by atoms with Crippen LogP contribution in [0.5, 0.6) is 11.5 Å². The van der Waals surface area contributed by atoms with Gasteiger partial charge in [-0.25, -0.2) is 14.2 Å². The van der Waals surface area contributed by atoms with Crippen LogP contribution in [0.15, 0.2) is 36.5 Å². The van der Waals surface area contributed by atoms with Crippen LogP contribution in [-0.2, 0) is 14.9 Å². The number of fused-ring (bicyclic) bond motifs is 1. The molecule has 1 amide bonds. The molecule has 37 heavy (non-hydrogen) atoms. The Morgan fingerprint density at radius 3 is 2.30 bits per heavy atom. The lowest BCUT2D eigenvalue weighted by atomic mass is 10.1. The molecule has 0 saturated heterocycles. The Morgan fingerprint density at radius 2 is 1.78 bits per heavy atom. The third kappa shape index (κ3) is 5.56. The monoisotopic (exact) mass is 540 g/mol. The Kier molecular flexibility index (Phi) is 7.32. The van der Waals surface area contributed by atoms with Crippen LogP contribution in [0.4, 0.5) is 29.5 Å². The highest BCUT2D eigenvalue weighted by Gasteiger charge is 2.49. The molecule has 10 nitrogen and oxygen atoms in total. The number of ether oxygens (including phenoxy) is 2. The van der Waals surface area contributed by atoms with E-state index in [1.807, 2.05) is 0 Å². The van der Waals surface area contributed by atoms with Crippen molar-refractivity contribution in [3.8, 4) is 17.6 Å². The maximum absolute atomic E-state index is 13.4. The predicted molar refractivity (Wildman–Crippen MR) is 126 cm³/mol. The van der Waals surface area contributed by atoms with E-state index in [1.165, 1.54) is 31.3 Å². The lowest BCUT2D eigenvalue weighted by Crippen LogP contribution is -2.35. The lowest BCUT2D eigenvalue weighted by molar-refractivity contribution is -0.0500. The van der Waals surface area contributed by atoms with E-state index in [0.29, 0.717) is 12.4 Å². The Morgan fingerprint density at radius 1 is 1.16 bits per heavy atom. The number of carbonyl (C=O) groups excluding carboxylic acids is 1. The van der Waals surface area contributed by atoms with Gasteiger partial charge in [-0.3, -0.25) is 0 Å². The first kappa shape index (κ1) is 27.6. The van der Waals surface area contributed by atoms with Gasteiger partial charge in [0.05, 0.1) is 24.0 Å². The van der Waals surface area contributed by atoms with E-state index in [9.17, 15) is 31.6 Å². The van der Waals surface area contributed by atoms with E-state index in [1.54, 1.807) is 45.9 Å². The summed E-state index contributed by atoms with van der Waals surface area (Å²) in [5, 5.41) is 13.8. The molecule has 14 heteroatoms. The number of pyridine rings is 1. The van der Waals surface area contributed by atoms with Crippen LogP contribution in [0, 0.1) is 18.3 Å². The minimum Gasteiger partial charge on any atom is -0.494 e. The zero-order valence-corrected chi connectivity index (χ0v) is 21.3. The van der Waals surface area contributed by atoms with Crippen LogP contribution in [0.1, 0.15) is 38.8 Å². The van der Waals surface area contributed by atoms with Gasteiger partial charge in [-0.2, -0.15) is 31.9 Å². The number of hydrogen-bond donors (Lipinski definition) is 0. The molecule has 2 heterocycles. The number of amides is 1. The fourth-order valence-corrected chi connectivity index (χ4v) is 3.86. The van der Waals surface area contributed by atoms with Crippen molar-refractivity contribution in [2.45, 2.75) is 45.7 Å². The van der Waals surface area contributed by atoms with Gasteiger partial charge < -0.3 is 13.7 Å². The average molecular weight is 541 g/mol. The van der Waals surface area contributed by atoms with E-state index in [2.05, 4.69) is 9.28 Å². The Labute approximate surface area is 210 Å². The third-order valence-electron chi connectivity index (χ3n) is 4.78. The molecule has 0 aliphatic carbocycles. The molecule has 0 unspecified atom stereocenters. The molecule has 2 aromatic heterocycles. The molecule has 0 fully saturated rings. The molecular formula is C23H23F3N4O6S. The van der Waals surface area contributed by atoms with Crippen LogP contribution < -0.4 is 13.8 Å². The molecule has 0 radical (unpaired) electrons. The van der Waals surface area contributed by atoms with Crippen LogP contribution in [-0.4, -0.2) is 41.8 Å². The summed E-state index contributed by atoms with van der Waals surface area (Å²) in [4.78, 5) is 14.4. The van der Waals surface area contributed by atoms with Gasteiger partial charge in [-0.15, -0.1) is 0 Å². The van der Waals surface area contributed by atoms with Gasteiger partial charge in [0.2, 0.25) is 0 Å². The lowest BCUT2D eigenvalue weighted by Gasteiger charge is -2.29. The zero-order valence-electron chi connectivity index (χ0n) is 20.5. The number of hydrogen-bond acceptors (Lipinski definition) is 8. The van der Waals surface area contributed by atoms with Crippen molar-refractivity contribution in [2.24, 2.45) is 0 Å². The summed E-state index contributed by atoms with van der Waals surface area (Å²) in [6.45, 7) is 8.20. The number of halogens is 3. The van der Waals surface area contributed by atoms with Crippen LogP contribution in [0.25, 0.3) is 5.52 Å². The first-order chi connectivity index (χ1) is 17.1. The smallest absolute Gasteiger partial charge is 0.494 e. The van der Waals surface area contributed by atoms with Gasteiger partial charge in [-0.05, 0) is 65.0 Å². The molecule has 198 valence electrons. The van der Waals surface area contributed by atoms with E-state index in [4.69, 9.17) is 9.47 Å². The second-order valence-electron chi connectivity index (χ2n) is 8.62. The highest BCUT2D eigenvalue weighted by molar-refractivity contribution is 7.88. The number of anilines is 2. The summed E-state index contributed by atoms with van der Waals surface area (Å²) in [5.74, 6) is -0.622. The van der Waals surface area contributed by atoms with Crippen LogP contribution in [0.2, 0.25) is 0 Å². The van der Waals surface area contributed by atoms with Crippen molar-refractivity contribution in [1.82, 2.24) is 9.61 Å². The Balaban J connectivity index is 2.36. The molecule has 0 atom stereocenters. The van der Waals surface area contributed by atoms with Crippen molar-refractivity contribution >= 4 is 33.2 Å². The number of alkyl halides is 3. The molecule has 3 rings (SSSR count). The fraction of sp³-hybridized carbons (Fsp3) is 0.348. The fourth-order valence-electron chi connectivity index (χ4n) is 3.34. The summed E-state index contributed by atoms with van der Waals surface area (Å²) in [6, 6.07) is 9.03. The van der Waals surface area contributed by atoms with Gasteiger partial charge in [0.1, 0.15) is 23.0 Å². The molecule has 1 aromatic carbocycles. The van der Waals surface area contributed by atoms with Gasteiger partial charge >= 0.3 is 21.7 Å². The third-order valence-corrected chi connectivity index (χ3v) is 5.74. The van der Waals surface area contributed by atoms with E-state index >= 15 is 0 Å². The van der Waals surface area contributed by atoms with Crippen LogP contribution >= 0.6 is 0 Å². The standard InChI is InChI=1S/C23H23F3N4O6S/c1-6-34-16-9-7-15(8-10-16)29(21(31)35-22(3,4)5)20-14(2)19(36-37(32,33)23(24,25)26)17(13-27)18-11-12-28-30(18)20/h7-12H,6H2,1-5H3. The van der Waals surface area contributed by atoms with E-state index < -0.39 is 38.6 Å². The van der Waals surface area contributed by atoms with E-state index in [0.717, 1.165) is 9.42 Å². The second kappa shape index (κ2) is 9.81. The highest BCUT2D eigenvalue weighted by atomic mass is 32.2. The molecular weight excluding hydrogens is 517 g/mol. The van der Waals surface area contributed by atoms with Gasteiger partial charge in [0, 0.05) is 5.56 Å². The predicted octanol–water partition coefficient (Wildman–Crippen LogP) is 5.21. The SMILES string of the molecule is CCOc1ccc(N(C(=O)OC(C)(C)C)c2c(C)c(OS(=O)(=O)C(F)(F)F)c(C#N)c3ccnn23)cc1. The molecule has 0 N–H and O–H groups in total. The zero-order chi connectivity index (χ0) is 27.8. The number of nitrogens with zero attached hydrogens (tertiary/aromatic N) is 4. The first-order valence-electron chi connectivity index (χ1n) is 10.8. The summed E-state index contributed by atoms with van der Waals surface area (Å²) in [6.07, 6.45) is 0.276. The van der Waals surface area contributed by atoms with Crippen molar-refractivity contribution in [2.75, 3.05) is 11.5 Å². The van der Waals surface area contributed by atoms with Gasteiger partial charge in [0.15, 0.2) is 11.6 Å². The Hall–Kier alpha value is -3.99. The molecule has 0 aliphatic heterocycles. The molecule has 0 aliphatic rings. The van der Waals surface area contributed by atoms with Gasteiger partial charge in [0.25, 0.3) is 0 Å². The average Bonchev–Trinajstić information content (AvgIpc) is 3.25. The summed E-state index contributed by atoms with van der Waals surface area (Å²) < 4.78 is 79.8. The van der Waals surface area contributed by atoms with Crippen molar-refractivity contribution < 1.29 is 40.0 Å². The molecule has 0 saturated carbocycles. The topological polar surface area (TPSA) is 123 Å². The summed E-state index contributed by atoms with van der Waals surface area (Å²) >= 11 is 0. The largest absolute Gasteiger partial charge is 0.534 e. The molecule has 0 bridgehead atoms. The van der Waals surface area contributed by atoms with Crippen molar-refractivity contribution in [3.63, 3.8) is 0 Å². The minimum atomic E-state index is -6.16. The Bertz CT molecular complexity index is 1470.